The van der Waals surface area contributed by atoms with E-state index in [0.29, 0.717) is 10.5 Å². The first-order chi connectivity index (χ1) is 9.32. The van der Waals surface area contributed by atoms with Crippen LogP contribution in [0.1, 0.15) is 0 Å². The van der Waals surface area contributed by atoms with Gasteiger partial charge in [-0.2, -0.15) is 0 Å². The van der Waals surface area contributed by atoms with Crippen LogP contribution in [0.5, 0.6) is 0 Å². The Morgan fingerprint density at radius 2 is 1.90 bits per heavy atom. The molecule has 0 amide bonds. The minimum absolute atomic E-state index is 0.253. The van der Waals surface area contributed by atoms with Crippen molar-refractivity contribution < 1.29 is 17.2 Å². The maximum absolute atomic E-state index is 13.6. The summed E-state index contributed by atoms with van der Waals surface area (Å²) in [5, 5.41) is 0. The summed E-state index contributed by atoms with van der Waals surface area (Å²) in [6, 6.07) is 3.83. The Morgan fingerprint density at radius 3 is 2.50 bits per heavy atom. The van der Waals surface area contributed by atoms with Crippen molar-refractivity contribution in [1.82, 2.24) is 4.98 Å². The summed E-state index contributed by atoms with van der Waals surface area (Å²) in [5.41, 5.74) is 0.253. The average molecular weight is 363 g/mol. The summed E-state index contributed by atoms with van der Waals surface area (Å²) < 4.78 is 52.5. The van der Waals surface area contributed by atoms with Crippen molar-refractivity contribution in [3.63, 3.8) is 0 Å². The Morgan fingerprint density at radius 1 is 1.20 bits per heavy atom. The van der Waals surface area contributed by atoms with Crippen LogP contribution in [0.15, 0.2) is 46.0 Å². The maximum Gasteiger partial charge on any atom is 0.267 e. The minimum atomic E-state index is -4.13. The number of rotatable bonds is 3. The molecule has 0 bridgehead atoms. The number of hydrogen-bond donors (Lipinski definition) is 0. The number of anilines is 1. The van der Waals surface area contributed by atoms with Crippen LogP contribution in [0.4, 0.5) is 14.5 Å². The van der Waals surface area contributed by atoms with Crippen LogP contribution in [-0.2, 0) is 10.0 Å². The van der Waals surface area contributed by atoms with Crippen LogP contribution >= 0.6 is 15.9 Å². The van der Waals surface area contributed by atoms with Gasteiger partial charge in [-0.3, -0.25) is 9.29 Å². The summed E-state index contributed by atoms with van der Waals surface area (Å²) in [7, 11) is -2.86. The second kappa shape index (κ2) is 5.45. The van der Waals surface area contributed by atoms with Gasteiger partial charge in [-0.25, -0.2) is 17.2 Å². The molecule has 2 aromatic rings. The molecule has 8 heteroatoms. The van der Waals surface area contributed by atoms with Gasteiger partial charge in [0.1, 0.15) is 16.5 Å². The fraction of sp³-hybridized carbons (Fsp3) is 0.0833. The third kappa shape index (κ3) is 2.80. The first kappa shape index (κ1) is 14.9. The Labute approximate surface area is 123 Å². The molecule has 4 nitrogen and oxygen atoms in total. The van der Waals surface area contributed by atoms with Gasteiger partial charge in [0.25, 0.3) is 10.0 Å². The molecule has 0 radical (unpaired) electrons. The van der Waals surface area contributed by atoms with Crippen LogP contribution < -0.4 is 4.31 Å². The summed E-state index contributed by atoms with van der Waals surface area (Å²) >= 11 is 3.17. The van der Waals surface area contributed by atoms with Crippen LogP contribution in [-0.4, -0.2) is 20.4 Å². The van der Waals surface area contributed by atoms with Crippen molar-refractivity contribution in [1.29, 1.82) is 0 Å². The highest BCUT2D eigenvalue weighted by Gasteiger charge is 2.25. The molecule has 1 heterocycles. The number of pyridine rings is 1. The molecule has 0 unspecified atom stereocenters. The van der Waals surface area contributed by atoms with Gasteiger partial charge in [0.05, 0.1) is 11.9 Å². The highest BCUT2D eigenvalue weighted by molar-refractivity contribution is 9.10. The lowest BCUT2D eigenvalue weighted by Gasteiger charge is -2.19. The molecule has 0 saturated carbocycles. The lowest BCUT2D eigenvalue weighted by atomic mass is 10.3. The average Bonchev–Trinajstić information content (AvgIpc) is 2.37. The van der Waals surface area contributed by atoms with Crippen molar-refractivity contribution in [2.45, 2.75) is 4.90 Å². The van der Waals surface area contributed by atoms with Gasteiger partial charge in [0.15, 0.2) is 0 Å². The van der Waals surface area contributed by atoms with Gasteiger partial charge in [-0.15, -0.1) is 0 Å². The molecule has 106 valence electrons. The van der Waals surface area contributed by atoms with Gasteiger partial charge >= 0.3 is 0 Å². The molecule has 0 atom stereocenters. The third-order valence-electron chi connectivity index (χ3n) is 2.59. The number of halogens is 3. The predicted molar refractivity (Wildman–Crippen MR) is 73.9 cm³/mol. The van der Waals surface area contributed by atoms with E-state index in [4.69, 9.17) is 0 Å². The number of sulfonamides is 1. The smallest absolute Gasteiger partial charge is 0.267 e. The molecule has 0 aliphatic heterocycles. The Bertz CT molecular complexity index is 753. The van der Waals surface area contributed by atoms with Gasteiger partial charge in [0, 0.05) is 23.8 Å². The standard InChI is InChI=1S/C12H9BrF2N2O2S/c1-17(10-4-8(13)6-16-7-10)20(18,19)12-3-2-9(14)5-11(12)15/h2-7H,1H3. The fourth-order valence-corrected chi connectivity index (χ4v) is 3.11. The molecule has 2 rings (SSSR count). The van der Waals surface area contributed by atoms with Crippen LogP contribution in [0.3, 0.4) is 0 Å². The highest BCUT2D eigenvalue weighted by Crippen LogP contribution is 2.25. The second-order valence-corrected chi connectivity index (χ2v) is 6.76. The van der Waals surface area contributed by atoms with Gasteiger partial charge in [0.2, 0.25) is 0 Å². The van der Waals surface area contributed by atoms with Crippen LogP contribution in [0.25, 0.3) is 0 Å². The van der Waals surface area contributed by atoms with Crippen molar-refractivity contribution >= 4 is 31.6 Å². The van der Waals surface area contributed by atoms with E-state index in [0.717, 1.165) is 16.4 Å². The zero-order valence-electron chi connectivity index (χ0n) is 10.2. The zero-order chi connectivity index (χ0) is 14.9. The number of hydrogen-bond acceptors (Lipinski definition) is 3. The molecule has 0 spiro atoms. The number of aromatic nitrogens is 1. The molecular weight excluding hydrogens is 354 g/mol. The van der Waals surface area contributed by atoms with E-state index < -0.39 is 26.6 Å². The lowest BCUT2D eigenvalue weighted by Crippen LogP contribution is -2.27. The first-order valence-corrected chi connectivity index (χ1v) is 7.60. The van der Waals surface area contributed by atoms with Crippen LogP contribution in [0.2, 0.25) is 0 Å². The minimum Gasteiger partial charge on any atom is -0.268 e. The monoisotopic (exact) mass is 362 g/mol. The predicted octanol–water partition coefficient (Wildman–Crippen LogP) is 2.95. The summed E-state index contributed by atoms with van der Waals surface area (Å²) in [5.74, 6) is -1.98. The van der Waals surface area contributed by atoms with E-state index in [2.05, 4.69) is 20.9 Å². The van der Waals surface area contributed by atoms with E-state index in [-0.39, 0.29) is 5.69 Å². The summed E-state index contributed by atoms with van der Waals surface area (Å²) in [4.78, 5) is 3.25. The van der Waals surface area contributed by atoms with Gasteiger partial charge in [-0.1, -0.05) is 0 Å². The molecule has 0 fully saturated rings. The fourth-order valence-electron chi connectivity index (χ4n) is 1.54. The zero-order valence-corrected chi connectivity index (χ0v) is 12.6. The molecular formula is C12H9BrF2N2O2S. The molecule has 0 aliphatic rings. The molecule has 1 aromatic carbocycles. The lowest BCUT2D eigenvalue weighted by molar-refractivity contribution is 0.548. The van der Waals surface area contributed by atoms with Gasteiger partial charge in [-0.05, 0) is 34.1 Å². The van der Waals surface area contributed by atoms with E-state index in [1.165, 1.54) is 25.5 Å². The molecule has 0 N–H and O–H groups in total. The largest absolute Gasteiger partial charge is 0.268 e. The Balaban J connectivity index is 2.49. The van der Waals surface area contributed by atoms with Crippen LogP contribution in [0, 0.1) is 11.6 Å². The Hall–Kier alpha value is -1.54. The molecule has 0 aliphatic carbocycles. The summed E-state index contributed by atoms with van der Waals surface area (Å²) in [6.07, 6.45) is 2.81. The van der Waals surface area contributed by atoms with E-state index in [1.54, 1.807) is 0 Å². The van der Waals surface area contributed by atoms with E-state index in [1.807, 2.05) is 0 Å². The number of benzene rings is 1. The van der Waals surface area contributed by atoms with Crippen molar-refractivity contribution in [2.75, 3.05) is 11.4 Å². The van der Waals surface area contributed by atoms with Crippen molar-refractivity contribution in [3.05, 3.63) is 52.8 Å². The molecule has 1 aromatic heterocycles. The number of nitrogens with zero attached hydrogens (tertiary/aromatic N) is 2. The van der Waals surface area contributed by atoms with E-state index in [9.17, 15) is 17.2 Å². The molecule has 0 saturated heterocycles. The van der Waals surface area contributed by atoms with Crippen molar-refractivity contribution in [2.24, 2.45) is 0 Å². The topological polar surface area (TPSA) is 50.3 Å². The van der Waals surface area contributed by atoms with Crippen molar-refractivity contribution in [3.8, 4) is 0 Å². The first-order valence-electron chi connectivity index (χ1n) is 5.37. The second-order valence-electron chi connectivity index (χ2n) is 3.91. The summed E-state index contributed by atoms with van der Waals surface area (Å²) in [6.45, 7) is 0. The van der Waals surface area contributed by atoms with E-state index >= 15 is 0 Å². The van der Waals surface area contributed by atoms with Gasteiger partial charge < -0.3 is 0 Å². The highest BCUT2D eigenvalue weighted by atomic mass is 79.9. The maximum atomic E-state index is 13.6. The normalized spacial score (nSPS) is 11.4. The third-order valence-corrected chi connectivity index (χ3v) is 4.84. The SMILES string of the molecule is CN(c1cncc(Br)c1)S(=O)(=O)c1ccc(F)cc1F. The quantitative estimate of drug-likeness (QED) is 0.843. The molecule has 20 heavy (non-hydrogen) atoms. The Kier molecular flexibility index (Phi) is 4.05.